The Kier molecular flexibility index (Phi) is 4.62. The molecule has 0 heterocycles. The molecule has 1 aromatic carbocycles. The Morgan fingerprint density at radius 3 is 2.61 bits per heavy atom. The molecule has 0 atom stereocenters. The summed E-state index contributed by atoms with van der Waals surface area (Å²) in [5.74, 6) is -1.10. The zero-order valence-electron chi connectivity index (χ0n) is 9.75. The summed E-state index contributed by atoms with van der Waals surface area (Å²) in [5, 5.41) is 11.1. The van der Waals surface area contributed by atoms with Gasteiger partial charge in [0.25, 0.3) is 0 Å². The molecule has 8 heteroatoms. The van der Waals surface area contributed by atoms with Gasteiger partial charge in [-0.15, -0.1) is 0 Å². The Labute approximate surface area is 105 Å². The third-order valence-corrected chi connectivity index (χ3v) is 4.23. The Morgan fingerprint density at radius 2 is 2.11 bits per heavy atom. The van der Waals surface area contributed by atoms with Crippen LogP contribution < -0.4 is 5.73 Å². The zero-order valence-corrected chi connectivity index (χ0v) is 10.6. The third kappa shape index (κ3) is 2.96. The Hall–Kier alpha value is -1.67. The molecule has 0 amide bonds. The minimum atomic E-state index is -4.00. The van der Waals surface area contributed by atoms with Gasteiger partial charge in [0, 0.05) is 6.54 Å². The molecule has 0 radical (unpaired) electrons. The summed E-state index contributed by atoms with van der Waals surface area (Å²) >= 11 is 0. The van der Waals surface area contributed by atoms with Gasteiger partial charge >= 0.3 is 0 Å². The van der Waals surface area contributed by atoms with Gasteiger partial charge in [0.05, 0.1) is 6.54 Å². The number of nitrogens with zero attached hydrogens (tertiary/aromatic N) is 2. The molecular formula is C10H14FN3O3S. The number of rotatable bonds is 5. The lowest BCUT2D eigenvalue weighted by molar-refractivity contribution is 0.315. The van der Waals surface area contributed by atoms with Gasteiger partial charge in [-0.05, 0) is 12.1 Å². The van der Waals surface area contributed by atoms with Crippen molar-refractivity contribution in [3.8, 4) is 0 Å². The van der Waals surface area contributed by atoms with Crippen LogP contribution in [0.15, 0.2) is 34.3 Å². The van der Waals surface area contributed by atoms with Crippen molar-refractivity contribution in [3.63, 3.8) is 0 Å². The van der Waals surface area contributed by atoms with E-state index in [-0.39, 0.29) is 18.9 Å². The number of likely N-dealkylation sites (N-methyl/N-ethyl adjacent to an activating group) is 1. The van der Waals surface area contributed by atoms with Gasteiger partial charge < -0.3 is 10.9 Å². The van der Waals surface area contributed by atoms with Gasteiger partial charge in [-0.1, -0.05) is 24.2 Å². The minimum absolute atomic E-state index is 0.0763. The smallest absolute Gasteiger partial charge is 0.246 e. The van der Waals surface area contributed by atoms with Crippen molar-refractivity contribution in [2.24, 2.45) is 10.9 Å². The minimum Gasteiger partial charge on any atom is -0.409 e. The molecule has 0 aliphatic heterocycles. The number of hydrogen-bond donors (Lipinski definition) is 2. The van der Waals surface area contributed by atoms with Crippen LogP contribution in [0, 0.1) is 5.82 Å². The molecule has 1 rings (SSSR count). The predicted octanol–water partition coefficient (Wildman–Crippen LogP) is 0.583. The van der Waals surface area contributed by atoms with Gasteiger partial charge in [0.15, 0.2) is 5.84 Å². The van der Waals surface area contributed by atoms with E-state index in [2.05, 4.69) is 5.16 Å². The van der Waals surface area contributed by atoms with Gasteiger partial charge in [-0.2, -0.15) is 4.31 Å². The molecule has 0 aromatic heterocycles. The lowest BCUT2D eigenvalue weighted by atomic mass is 10.4. The summed E-state index contributed by atoms with van der Waals surface area (Å²) in [6.07, 6.45) is 0. The summed E-state index contributed by atoms with van der Waals surface area (Å²) < 4.78 is 38.7. The highest BCUT2D eigenvalue weighted by Crippen LogP contribution is 2.18. The van der Waals surface area contributed by atoms with E-state index in [1.165, 1.54) is 18.2 Å². The largest absolute Gasteiger partial charge is 0.409 e. The molecule has 6 nitrogen and oxygen atoms in total. The molecule has 0 bridgehead atoms. The molecule has 0 unspecified atom stereocenters. The standard InChI is InChI=1S/C10H14FN3O3S/c1-2-14(7-10(12)13-15)18(16,17)9-6-4-3-5-8(9)11/h3-6,15H,2,7H2,1H3,(H2,12,13). The maximum atomic E-state index is 13.5. The van der Waals surface area contributed by atoms with Gasteiger partial charge in [0.1, 0.15) is 10.7 Å². The number of hydrogen-bond acceptors (Lipinski definition) is 4. The van der Waals surface area contributed by atoms with Gasteiger partial charge in [-0.3, -0.25) is 0 Å². The summed E-state index contributed by atoms with van der Waals surface area (Å²) in [6.45, 7) is 1.35. The molecule has 100 valence electrons. The fraction of sp³-hybridized carbons (Fsp3) is 0.300. The third-order valence-electron chi connectivity index (χ3n) is 2.27. The molecule has 0 aliphatic rings. The highest BCUT2D eigenvalue weighted by Gasteiger charge is 2.26. The van der Waals surface area contributed by atoms with Crippen molar-refractivity contribution < 1.29 is 18.0 Å². The Balaban J connectivity index is 3.16. The lowest BCUT2D eigenvalue weighted by Crippen LogP contribution is -2.38. The van der Waals surface area contributed by atoms with Crippen molar-refractivity contribution in [2.45, 2.75) is 11.8 Å². The number of halogens is 1. The molecule has 0 saturated carbocycles. The topological polar surface area (TPSA) is 96.0 Å². The molecule has 18 heavy (non-hydrogen) atoms. The summed E-state index contributed by atoms with van der Waals surface area (Å²) in [4.78, 5) is -0.433. The summed E-state index contributed by atoms with van der Waals surface area (Å²) in [7, 11) is -4.00. The molecule has 0 fully saturated rings. The van der Waals surface area contributed by atoms with Crippen LogP contribution in [0.4, 0.5) is 4.39 Å². The number of benzene rings is 1. The second-order valence-electron chi connectivity index (χ2n) is 3.45. The molecule has 0 spiro atoms. The number of sulfonamides is 1. The second kappa shape index (κ2) is 5.78. The number of oxime groups is 1. The first kappa shape index (κ1) is 14.4. The second-order valence-corrected chi connectivity index (χ2v) is 5.36. The van der Waals surface area contributed by atoms with Crippen molar-refractivity contribution in [1.29, 1.82) is 0 Å². The van der Waals surface area contributed by atoms with Crippen LogP contribution in [0.3, 0.4) is 0 Å². The zero-order chi connectivity index (χ0) is 13.8. The normalized spacial score (nSPS) is 12.9. The van der Waals surface area contributed by atoms with Gasteiger partial charge in [-0.25, -0.2) is 12.8 Å². The fourth-order valence-corrected chi connectivity index (χ4v) is 2.86. The van der Waals surface area contributed by atoms with Crippen molar-refractivity contribution in [2.75, 3.05) is 13.1 Å². The van der Waals surface area contributed by atoms with E-state index in [9.17, 15) is 12.8 Å². The van der Waals surface area contributed by atoms with E-state index in [0.717, 1.165) is 10.4 Å². The molecule has 0 aliphatic carbocycles. The van der Waals surface area contributed by atoms with E-state index < -0.39 is 20.7 Å². The average Bonchev–Trinajstić information content (AvgIpc) is 2.35. The SMILES string of the molecule is CCN(C/C(N)=N/O)S(=O)(=O)c1ccccc1F. The van der Waals surface area contributed by atoms with E-state index >= 15 is 0 Å². The highest BCUT2D eigenvalue weighted by atomic mass is 32.2. The van der Waals surface area contributed by atoms with Crippen LogP contribution in [0.5, 0.6) is 0 Å². The lowest BCUT2D eigenvalue weighted by Gasteiger charge is -2.19. The number of nitrogens with two attached hydrogens (primary N) is 1. The average molecular weight is 275 g/mol. The van der Waals surface area contributed by atoms with E-state index in [1.807, 2.05) is 0 Å². The first-order chi connectivity index (χ1) is 8.43. The Bertz CT molecular complexity index is 545. The maximum Gasteiger partial charge on any atom is 0.246 e. The number of amidine groups is 1. The van der Waals surface area contributed by atoms with Crippen LogP contribution >= 0.6 is 0 Å². The van der Waals surface area contributed by atoms with Crippen molar-refractivity contribution in [3.05, 3.63) is 30.1 Å². The molecular weight excluding hydrogens is 261 g/mol. The maximum absolute atomic E-state index is 13.5. The molecule has 0 saturated heterocycles. The predicted molar refractivity (Wildman–Crippen MR) is 64.2 cm³/mol. The van der Waals surface area contributed by atoms with E-state index in [1.54, 1.807) is 6.92 Å². The monoisotopic (exact) mass is 275 g/mol. The van der Waals surface area contributed by atoms with Crippen LogP contribution in [0.2, 0.25) is 0 Å². The summed E-state index contributed by atoms with van der Waals surface area (Å²) in [6, 6.07) is 5.05. The fourth-order valence-electron chi connectivity index (χ4n) is 1.37. The van der Waals surface area contributed by atoms with Crippen LogP contribution in [0.1, 0.15) is 6.92 Å². The first-order valence-electron chi connectivity index (χ1n) is 5.14. The summed E-state index contributed by atoms with van der Waals surface area (Å²) in [5.41, 5.74) is 5.26. The molecule has 1 aromatic rings. The van der Waals surface area contributed by atoms with Crippen molar-refractivity contribution in [1.82, 2.24) is 4.31 Å². The Morgan fingerprint density at radius 1 is 1.50 bits per heavy atom. The van der Waals surface area contributed by atoms with E-state index in [4.69, 9.17) is 10.9 Å². The van der Waals surface area contributed by atoms with Crippen LogP contribution in [-0.2, 0) is 10.0 Å². The highest BCUT2D eigenvalue weighted by molar-refractivity contribution is 7.89. The van der Waals surface area contributed by atoms with Gasteiger partial charge in [0.2, 0.25) is 10.0 Å². The van der Waals surface area contributed by atoms with E-state index in [0.29, 0.717) is 0 Å². The van der Waals surface area contributed by atoms with Crippen LogP contribution in [-0.4, -0.2) is 36.9 Å². The first-order valence-corrected chi connectivity index (χ1v) is 6.58. The quantitative estimate of drug-likeness (QED) is 0.355. The van der Waals surface area contributed by atoms with Crippen molar-refractivity contribution >= 4 is 15.9 Å². The molecule has 3 N–H and O–H groups in total. The van der Waals surface area contributed by atoms with Crippen LogP contribution in [0.25, 0.3) is 0 Å².